The summed E-state index contributed by atoms with van der Waals surface area (Å²) in [5.74, 6) is 0. The van der Waals surface area contributed by atoms with Gasteiger partial charge in [0.15, 0.2) is 0 Å². The zero-order valence-electron chi connectivity index (χ0n) is 9.76. The molecule has 6 heteroatoms. The summed E-state index contributed by atoms with van der Waals surface area (Å²) in [5.41, 5.74) is 0. The molecule has 0 atom stereocenters. The molecule has 1 aromatic heterocycles. The molecular formula is C11H18N2O2S2. The van der Waals surface area contributed by atoms with Gasteiger partial charge in [0, 0.05) is 6.54 Å². The Morgan fingerprint density at radius 3 is 2.76 bits per heavy atom. The topological polar surface area (TPSA) is 49.4 Å². The first kappa shape index (κ1) is 13.0. The van der Waals surface area contributed by atoms with Crippen LogP contribution < -0.4 is 4.72 Å². The van der Waals surface area contributed by atoms with Crippen molar-refractivity contribution in [2.45, 2.75) is 23.5 Å². The van der Waals surface area contributed by atoms with Crippen LogP contribution in [0.2, 0.25) is 0 Å². The number of thiophene rings is 1. The van der Waals surface area contributed by atoms with Crippen LogP contribution in [0.4, 0.5) is 0 Å². The molecule has 4 nitrogen and oxygen atoms in total. The van der Waals surface area contributed by atoms with Crippen LogP contribution in [0.15, 0.2) is 21.7 Å². The number of nitrogens with one attached hydrogen (secondary N) is 1. The maximum atomic E-state index is 11.8. The standard InChI is InChI=1S/C11H18N2O2S2/c14-17(15,11-5-3-10-16-11)12-6-4-9-13-7-1-2-8-13/h3,5,10,12H,1-2,4,6-9H2. The highest BCUT2D eigenvalue weighted by atomic mass is 32.2. The van der Waals surface area contributed by atoms with E-state index < -0.39 is 10.0 Å². The summed E-state index contributed by atoms with van der Waals surface area (Å²) in [6.45, 7) is 3.85. The van der Waals surface area contributed by atoms with Gasteiger partial charge in [-0.1, -0.05) is 6.07 Å². The van der Waals surface area contributed by atoms with Crippen LogP contribution in [0.1, 0.15) is 19.3 Å². The van der Waals surface area contributed by atoms with Gasteiger partial charge in [0.25, 0.3) is 0 Å². The lowest BCUT2D eigenvalue weighted by molar-refractivity contribution is 0.334. The van der Waals surface area contributed by atoms with Gasteiger partial charge in [-0.3, -0.25) is 0 Å². The fourth-order valence-electron chi connectivity index (χ4n) is 2.00. The van der Waals surface area contributed by atoms with Crippen LogP contribution in [-0.2, 0) is 10.0 Å². The molecule has 0 bridgehead atoms. The predicted molar refractivity (Wildman–Crippen MR) is 69.8 cm³/mol. The first-order valence-corrected chi connectivity index (χ1v) is 8.30. The Morgan fingerprint density at radius 1 is 1.35 bits per heavy atom. The van der Waals surface area contributed by atoms with Gasteiger partial charge >= 0.3 is 0 Å². The molecule has 1 aromatic rings. The number of rotatable bonds is 6. The Hall–Kier alpha value is -0.430. The largest absolute Gasteiger partial charge is 0.303 e. The SMILES string of the molecule is O=S(=O)(NCCCN1CCCC1)c1cccs1. The lowest BCUT2D eigenvalue weighted by Gasteiger charge is -2.14. The summed E-state index contributed by atoms with van der Waals surface area (Å²) in [5, 5.41) is 1.78. The molecule has 1 N–H and O–H groups in total. The van der Waals surface area contributed by atoms with Crippen LogP contribution >= 0.6 is 11.3 Å². The Morgan fingerprint density at radius 2 is 2.12 bits per heavy atom. The zero-order chi connectivity index (χ0) is 12.1. The average Bonchev–Trinajstić information content (AvgIpc) is 2.97. The van der Waals surface area contributed by atoms with Crippen LogP contribution in [-0.4, -0.2) is 39.5 Å². The molecule has 0 aliphatic carbocycles. The molecule has 0 spiro atoms. The van der Waals surface area contributed by atoms with E-state index in [1.165, 1.54) is 24.2 Å². The first-order chi connectivity index (χ1) is 8.18. The predicted octanol–water partition coefficient (Wildman–Crippen LogP) is 1.51. The molecule has 2 rings (SSSR count). The van der Waals surface area contributed by atoms with Crippen molar-refractivity contribution in [1.29, 1.82) is 0 Å². The van der Waals surface area contributed by atoms with Gasteiger partial charge in [0.1, 0.15) is 4.21 Å². The van der Waals surface area contributed by atoms with Crippen molar-refractivity contribution in [1.82, 2.24) is 9.62 Å². The normalized spacial score (nSPS) is 17.6. The van der Waals surface area contributed by atoms with Crippen LogP contribution in [0.5, 0.6) is 0 Å². The van der Waals surface area contributed by atoms with E-state index in [1.807, 2.05) is 0 Å². The van der Waals surface area contributed by atoms with Crippen molar-refractivity contribution in [3.8, 4) is 0 Å². The van der Waals surface area contributed by atoms with E-state index in [0.717, 1.165) is 26.1 Å². The fourth-order valence-corrected chi connectivity index (χ4v) is 4.11. The quantitative estimate of drug-likeness (QED) is 0.800. The van der Waals surface area contributed by atoms with E-state index in [2.05, 4.69) is 9.62 Å². The number of likely N-dealkylation sites (tertiary alicyclic amines) is 1. The van der Waals surface area contributed by atoms with Crippen LogP contribution in [0.25, 0.3) is 0 Å². The minimum atomic E-state index is -3.26. The van der Waals surface area contributed by atoms with E-state index in [-0.39, 0.29) is 0 Å². The maximum absolute atomic E-state index is 11.8. The van der Waals surface area contributed by atoms with E-state index in [4.69, 9.17) is 0 Å². The summed E-state index contributed by atoms with van der Waals surface area (Å²) >= 11 is 1.25. The smallest absolute Gasteiger partial charge is 0.250 e. The minimum Gasteiger partial charge on any atom is -0.303 e. The molecule has 0 aromatic carbocycles. The number of hydrogen-bond acceptors (Lipinski definition) is 4. The molecule has 1 fully saturated rings. The average molecular weight is 274 g/mol. The first-order valence-electron chi connectivity index (χ1n) is 5.94. The summed E-state index contributed by atoms with van der Waals surface area (Å²) in [6.07, 6.45) is 3.44. The third-order valence-corrected chi connectivity index (χ3v) is 5.76. The molecule has 1 aliphatic heterocycles. The van der Waals surface area contributed by atoms with Gasteiger partial charge < -0.3 is 4.90 Å². The third kappa shape index (κ3) is 3.77. The second-order valence-corrected chi connectivity index (χ2v) is 7.17. The van der Waals surface area contributed by atoms with E-state index >= 15 is 0 Å². The maximum Gasteiger partial charge on any atom is 0.250 e. The summed E-state index contributed by atoms with van der Waals surface area (Å²) in [7, 11) is -3.26. The number of hydrogen-bond donors (Lipinski definition) is 1. The molecule has 2 heterocycles. The van der Waals surface area contributed by atoms with Gasteiger partial charge in [-0.2, -0.15) is 0 Å². The summed E-state index contributed by atoms with van der Waals surface area (Å²) in [4.78, 5) is 2.39. The number of sulfonamides is 1. The van der Waals surface area contributed by atoms with Gasteiger partial charge in [-0.15, -0.1) is 11.3 Å². The van der Waals surface area contributed by atoms with E-state index in [9.17, 15) is 8.42 Å². The second kappa shape index (κ2) is 5.95. The third-order valence-electron chi connectivity index (χ3n) is 2.90. The highest BCUT2D eigenvalue weighted by Crippen LogP contribution is 2.15. The molecule has 0 saturated carbocycles. The van der Waals surface area contributed by atoms with Gasteiger partial charge in [0.05, 0.1) is 0 Å². The molecule has 0 amide bonds. The van der Waals surface area contributed by atoms with Gasteiger partial charge in [-0.05, 0) is 50.3 Å². The van der Waals surface area contributed by atoms with Crippen molar-refractivity contribution in [3.63, 3.8) is 0 Å². The molecule has 96 valence electrons. The van der Waals surface area contributed by atoms with Crippen molar-refractivity contribution < 1.29 is 8.42 Å². The van der Waals surface area contributed by atoms with Gasteiger partial charge in [-0.25, -0.2) is 13.1 Å². The lowest BCUT2D eigenvalue weighted by atomic mass is 10.4. The molecule has 1 aliphatic rings. The van der Waals surface area contributed by atoms with Crippen molar-refractivity contribution >= 4 is 21.4 Å². The Labute approximate surface area is 107 Å². The zero-order valence-corrected chi connectivity index (χ0v) is 11.4. The molecule has 0 radical (unpaired) electrons. The van der Waals surface area contributed by atoms with Crippen LogP contribution in [0.3, 0.4) is 0 Å². The second-order valence-electron chi connectivity index (χ2n) is 4.23. The van der Waals surface area contributed by atoms with Gasteiger partial charge in [0.2, 0.25) is 10.0 Å². The monoisotopic (exact) mass is 274 g/mol. The van der Waals surface area contributed by atoms with Crippen molar-refractivity contribution in [3.05, 3.63) is 17.5 Å². The Balaban J connectivity index is 1.71. The molecule has 1 saturated heterocycles. The molecule has 17 heavy (non-hydrogen) atoms. The highest BCUT2D eigenvalue weighted by molar-refractivity contribution is 7.91. The van der Waals surface area contributed by atoms with E-state index in [1.54, 1.807) is 17.5 Å². The minimum absolute atomic E-state index is 0.402. The summed E-state index contributed by atoms with van der Waals surface area (Å²) < 4.78 is 26.6. The van der Waals surface area contributed by atoms with Crippen molar-refractivity contribution in [2.75, 3.05) is 26.2 Å². The van der Waals surface area contributed by atoms with Crippen LogP contribution in [0, 0.1) is 0 Å². The molecule has 0 unspecified atom stereocenters. The molecular weight excluding hydrogens is 256 g/mol. The fraction of sp³-hybridized carbons (Fsp3) is 0.636. The Kier molecular flexibility index (Phi) is 4.55. The lowest BCUT2D eigenvalue weighted by Crippen LogP contribution is -2.28. The number of nitrogens with zero attached hydrogens (tertiary/aromatic N) is 1. The Bertz CT molecular complexity index is 422. The highest BCUT2D eigenvalue weighted by Gasteiger charge is 2.15. The van der Waals surface area contributed by atoms with E-state index in [0.29, 0.717) is 10.8 Å². The summed E-state index contributed by atoms with van der Waals surface area (Å²) in [6, 6.07) is 3.39. The van der Waals surface area contributed by atoms with Crippen molar-refractivity contribution in [2.24, 2.45) is 0 Å².